The van der Waals surface area contributed by atoms with Crippen LogP contribution in [0.5, 0.6) is 0 Å². The zero-order chi connectivity index (χ0) is 13.2. The van der Waals surface area contributed by atoms with Crippen molar-refractivity contribution in [2.24, 2.45) is 0 Å². The fraction of sp³-hybridized carbons (Fsp3) is 0.250. The third-order valence-electron chi connectivity index (χ3n) is 2.42. The number of fused-ring (bicyclic) bond motifs is 1. The van der Waals surface area contributed by atoms with E-state index in [2.05, 4.69) is 26.2 Å². The highest BCUT2D eigenvalue weighted by atomic mass is 79.9. The fourth-order valence-electron chi connectivity index (χ4n) is 1.65. The number of nitrogens with zero attached hydrogens (tertiary/aromatic N) is 1. The molecule has 0 radical (unpaired) electrons. The van der Waals surface area contributed by atoms with Crippen LogP contribution in [0.2, 0.25) is 0 Å². The normalized spacial score (nSPS) is 11.8. The van der Waals surface area contributed by atoms with Crippen LogP contribution in [0.25, 0.3) is 10.9 Å². The molecule has 0 amide bonds. The van der Waals surface area contributed by atoms with Crippen LogP contribution in [0.4, 0.5) is 18.9 Å². The number of alkyl halides is 4. The molecule has 0 spiro atoms. The molecule has 1 heterocycles. The third kappa shape index (κ3) is 2.75. The van der Waals surface area contributed by atoms with Gasteiger partial charge in [-0.05, 0) is 12.1 Å². The van der Waals surface area contributed by atoms with Crippen molar-refractivity contribution in [3.63, 3.8) is 0 Å². The van der Waals surface area contributed by atoms with E-state index < -0.39 is 11.9 Å². The second-order valence-corrected chi connectivity index (χ2v) is 4.48. The molecule has 0 aliphatic rings. The van der Waals surface area contributed by atoms with Crippen LogP contribution in [0.15, 0.2) is 30.3 Å². The van der Waals surface area contributed by atoms with Crippen LogP contribution in [0.3, 0.4) is 0 Å². The molecule has 18 heavy (non-hydrogen) atoms. The molecule has 0 bridgehead atoms. The highest BCUT2D eigenvalue weighted by molar-refractivity contribution is 9.09. The lowest BCUT2D eigenvalue weighted by Gasteiger charge is -2.12. The minimum atomic E-state index is -4.44. The van der Waals surface area contributed by atoms with Gasteiger partial charge in [0.15, 0.2) is 0 Å². The Hall–Kier alpha value is -1.30. The van der Waals surface area contributed by atoms with E-state index in [1.54, 1.807) is 24.3 Å². The summed E-state index contributed by atoms with van der Waals surface area (Å²) in [5.74, 6) is 0. The van der Waals surface area contributed by atoms with Gasteiger partial charge in [0.05, 0.1) is 5.52 Å². The number of halogens is 4. The Bertz CT molecular complexity index is 555. The second-order valence-electron chi connectivity index (χ2n) is 3.69. The van der Waals surface area contributed by atoms with E-state index in [1.807, 2.05) is 0 Å². The van der Waals surface area contributed by atoms with Gasteiger partial charge in [0.1, 0.15) is 5.69 Å². The van der Waals surface area contributed by atoms with Crippen molar-refractivity contribution in [3.05, 3.63) is 36.0 Å². The Balaban J connectivity index is 2.57. The minimum Gasteiger partial charge on any atom is -0.384 e. The van der Waals surface area contributed by atoms with Gasteiger partial charge in [-0.2, -0.15) is 13.2 Å². The summed E-state index contributed by atoms with van der Waals surface area (Å²) in [4.78, 5) is 3.64. The standard InChI is InChI=1S/C12H10BrF3N2/c13-5-6-17-10-7-11(12(14,15)16)18-9-4-2-1-3-8(9)10/h1-4,7H,5-6H2,(H,17,18). The average Bonchev–Trinajstić information content (AvgIpc) is 2.34. The van der Waals surface area contributed by atoms with E-state index in [0.717, 1.165) is 6.07 Å². The van der Waals surface area contributed by atoms with Gasteiger partial charge in [-0.1, -0.05) is 34.1 Å². The van der Waals surface area contributed by atoms with Gasteiger partial charge < -0.3 is 5.32 Å². The van der Waals surface area contributed by atoms with Crippen LogP contribution in [0, 0.1) is 0 Å². The van der Waals surface area contributed by atoms with Crippen molar-refractivity contribution >= 4 is 32.5 Å². The molecule has 2 aromatic rings. The summed E-state index contributed by atoms with van der Waals surface area (Å²) >= 11 is 3.23. The Labute approximate surface area is 110 Å². The molecule has 2 nitrogen and oxygen atoms in total. The number of hydrogen-bond acceptors (Lipinski definition) is 2. The topological polar surface area (TPSA) is 24.9 Å². The van der Waals surface area contributed by atoms with Crippen molar-refractivity contribution in [1.29, 1.82) is 0 Å². The molecule has 0 unspecified atom stereocenters. The molecule has 6 heteroatoms. The molecule has 0 atom stereocenters. The zero-order valence-corrected chi connectivity index (χ0v) is 10.8. The number of para-hydroxylation sites is 1. The molecule has 0 aliphatic carbocycles. The summed E-state index contributed by atoms with van der Waals surface area (Å²) in [6.45, 7) is 0.547. The van der Waals surface area contributed by atoms with E-state index >= 15 is 0 Å². The first-order valence-corrected chi connectivity index (χ1v) is 6.41. The van der Waals surface area contributed by atoms with E-state index in [4.69, 9.17) is 0 Å². The molecular weight excluding hydrogens is 309 g/mol. The Kier molecular flexibility index (Phi) is 3.75. The van der Waals surface area contributed by atoms with Crippen LogP contribution in [0.1, 0.15) is 5.69 Å². The van der Waals surface area contributed by atoms with Crippen molar-refractivity contribution in [2.75, 3.05) is 17.2 Å². The lowest BCUT2D eigenvalue weighted by atomic mass is 10.1. The van der Waals surface area contributed by atoms with Crippen molar-refractivity contribution < 1.29 is 13.2 Å². The van der Waals surface area contributed by atoms with Gasteiger partial charge in [-0.25, -0.2) is 4.98 Å². The molecule has 1 aromatic carbocycles. The molecule has 1 N–H and O–H groups in total. The largest absolute Gasteiger partial charge is 0.433 e. The average molecular weight is 319 g/mol. The Morgan fingerprint density at radius 3 is 2.61 bits per heavy atom. The predicted octanol–water partition coefficient (Wildman–Crippen LogP) is 4.06. The summed E-state index contributed by atoms with van der Waals surface area (Å²) in [6, 6.07) is 7.81. The molecule has 0 saturated carbocycles. The second kappa shape index (κ2) is 5.14. The number of hydrogen-bond donors (Lipinski definition) is 1. The van der Waals surface area contributed by atoms with E-state index in [9.17, 15) is 13.2 Å². The Morgan fingerprint density at radius 1 is 1.22 bits per heavy atom. The molecular formula is C12H10BrF3N2. The SMILES string of the molecule is FC(F)(F)c1cc(NCCBr)c2ccccc2n1. The zero-order valence-electron chi connectivity index (χ0n) is 9.26. The van der Waals surface area contributed by atoms with Gasteiger partial charge in [0, 0.05) is 22.9 Å². The van der Waals surface area contributed by atoms with Crippen LogP contribution in [-0.2, 0) is 6.18 Å². The van der Waals surface area contributed by atoms with E-state index in [1.165, 1.54) is 0 Å². The maximum absolute atomic E-state index is 12.7. The van der Waals surface area contributed by atoms with Gasteiger partial charge in [-0.15, -0.1) is 0 Å². The first-order chi connectivity index (χ1) is 8.52. The van der Waals surface area contributed by atoms with Crippen LogP contribution >= 0.6 is 15.9 Å². The number of aromatic nitrogens is 1. The summed E-state index contributed by atoms with van der Waals surface area (Å²) in [7, 11) is 0. The van der Waals surface area contributed by atoms with Gasteiger partial charge in [0.2, 0.25) is 0 Å². The summed E-state index contributed by atoms with van der Waals surface area (Å²) in [5, 5.41) is 4.31. The number of anilines is 1. The first-order valence-electron chi connectivity index (χ1n) is 5.29. The molecule has 1 aromatic heterocycles. The lowest BCUT2D eigenvalue weighted by Crippen LogP contribution is -2.10. The fourth-order valence-corrected chi connectivity index (χ4v) is 1.85. The molecule has 2 rings (SSSR count). The summed E-state index contributed by atoms with van der Waals surface area (Å²) in [5.41, 5.74) is -0.0879. The molecule has 0 fully saturated rings. The highest BCUT2D eigenvalue weighted by Gasteiger charge is 2.33. The van der Waals surface area contributed by atoms with Gasteiger partial charge in [0.25, 0.3) is 0 Å². The molecule has 96 valence electrons. The summed E-state index contributed by atoms with van der Waals surface area (Å²) in [6.07, 6.45) is -4.44. The smallest absolute Gasteiger partial charge is 0.384 e. The Morgan fingerprint density at radius 2 is 1.94 bits per heavy atom. The van der Waals surface area contributed by atoms with Crippen molar-refractivity contribution in [1.82, 2.24) is 4.98 Å². The summed E-state index contributed by atoms with van der Waals surface area (Å²) < 4.78 is 38.2. The van der Waals surface area contributed by atoms with E-state index in [0.29, 0.717) is 28.5 Å². The highest BCUT2D eigenvalue weighted by Crippen LogP contribution is 2.32. The third-order valence-corrected chi connectivity index (χ3v) is 2.81. The quantitative estimate of drug-likeness (QED) is 0.863. The maximum atomic E-state index is 12.7. The van der Waals surface area contributed by atoms with Gasteiger partial charge in [-0.3, -0.25) is 0 Å². The predicted molar refractivity (Wildman–Crippen MR) is 69.0 cm³/mol. The van der Waals surface area contributed by atoms with E-state index in [-0.39, 0.29) is 0 Å². The van der Waals surface area contributed by atoms with Gasteiger partial charge >= 0.3 is 6.18 Å². The lowest BCUT2D eigenvalue weighted by molar-refractivity contribution is -0.140. The van der Waals surface area contributed by atoms with Crippen molar-refractivity contribution in [3.8, 4) is 0 Å². The minimum absolute atomic E-state index is 0.337. The number of rotatable bonds is 3. The van der Waals surface area contributed by atoms with Crippen LogP contribution in [-0.4, -0.2) is 16.9 Å². The number of nitrogens with one attached hydrogen (secondary N) is 1. The number of pyridine rings is 1. The first kappa shape index (κ1) is 13.1. The number of benzene rings is 1. The maximum Gasteiger partial charge on any atom is 0.433 e. The van der Waals surface area contributed by atoms with Crippen LogP contribution < -0.4 is 5.32 Å². The molecule has 0 aliphatic heterocycles. The van der Waals surface area contributed by atoms with Crippen molar-refractivity contribution in [2.45, 2.75) is 6.18 Å². The molecule has 0 saturated heterocycles. The monoisotopic (exact) mass is 318 g/mol.